The van der Waals surface area contributed by atoms with E-state index in [0.717, 1.165) is 6.42 Å². The molecule has 0 atom stereocenters. The minimum Gasteiger partial charge on any atom is -0.475 e. The van der Waals surface area contributed by atoms with E-state index < -0.39 is 17.9 Å². The highest BCUT2D eigenvalue weighted by molar-refractivity contribution is 5.91. The molecule has 4 N–H and O–H groups in total. The Hall–Kier alpha value is -4.29. The van der Waals surface area contributed by atoms with E-state index in [4.69, 9.17) is 9.47 Å². The number of halogens is 1. The van der Waals surface area contributed by atoms with E-state index in [2.05, 4.69) is 30.7 Å². The van der Waals surface area contributed by atoms with Gasteiger partial charge in [-0.3, -0.25) is 5.32 Å². The maximum atomic E-state index is 14.8. The van der Waals surface area contributed by atoms with Crippen molar-refractivity contribution in [2.45, 2.75) is 13.3 Å². The third kappa shape index (κ3) is 7.39. The van der Waals surface area contributed by atoms with Crippen molar-refractivity contribution in [3.05, 3.63) is 54.0 Å². The third-order valence-corrected chi connectivity index (χ3v) is 6.03. The third-order valence-electron chi connectivity index (χ3n) is 6.03. The van der Waals surface area contributed by atoms with Crippen LogP contribution in [0.1, 0.15) is 12.0 Å². The summed E-state index contributed by atoms with van der Waals surface area (Å²) >= 11 is 0. The monoisotopic (exact) mass is 539 g/mol. The number of hydrogen-bond acceptors (Lipinski definition) is 8. The smallest absolute Gasteiger partial charge is 0.412 e. The number of anilines is 2. The largest absolute Gasteiger partial charge is 0.475 e. The average molecular weight is 540 g/mol. The SMILES string of the molecule is COC(=O)Nc1cc(-c2cc(-c3cc(NC(=O)NCCC4COC4)c(F)cc3C)cc(OCCO)n2)ccn1. The molecule has 1 aromatic carbocycles. The number of carbonyl (C=O) groups excluding carboxylic acids is 2. The molecule has 0 radical (unpaired) electrons. The molecular weight excluding hydrogens is 509 g/mol. The molecule has 0 aliphatic carbocycles. The molecule has 2 aromatic heterocycles. The number of aliphatic hydroxyl groups excluding tert-OH is 1. The first-order valence-corrected chi connectivity index (χ1v) is 12.4. The van der Waals surface area contributed by atoms with Crippen molar-refractivity contribution < 1.29 is 33.3 Å². The number of ether oxygens (including phenoxy) is 3. The fourth-order valence-corrected chi connectivity index (χ4v) is 3.93. The quantitative estimate of drug-likeness (QED) is 0.303. The van der Waals surface area contributed by atoms with Crippen LogP contribution in [0.2, 0.25) is 0 Å². The number of nitrogens with one attached hydrogen (secondary N) is 3. The molecule has 0 bridgehead atoms. The minimum atomic E-state index is -0.670. The first-order chi connectivity index (χ1) is 18.9. The fraction of sp³-hybridized carbons (Fsp3) is 0.333. The summed E-state index contributed by atoms with van der Waals surface area (Å²) in [7, 11) is 1.25. The summed E-state index contributed by atoms with van der Waals surface area (Å²) in [6.07, 6.45) is 1.62. The van der Waals surface area contributed by atoms with E-state index in [-0.39, 0.29) is 30.6 Å². The van der Waals surface area contributed by atoms with Crippen molar-refractivity contribution in [3.8, 4) is 28.3 Å². The number of nitrogens with zero attached hydrogens (tertiary/aromatic N) is 2. The number of pyridine rings is 2. The standard InChI is InChI=1S/C27H30FN5O6/c1-16-9-21(28)23(32-26(35)30-5-3-17-14-38-15-17)13-20(16)19-10-22(31-25(12-19)39-8-7-34)18-4-6-29-24(11-18)33-27(36)37-2/h4,6,9-13,17,34H,3,5,7-8,14-15H2,1-2H3,(H,29,33,36)(H2,30,32,35). The Balaban J connectivity index is 1.63. The second-order valence-electron chi connectivity index (χ2n) is 8.92. The molecule has 206 valence electrons. The summed E-state index contributed by atoms with van der Waals surface area (Å²) in [5, 5.41) is 17.1. The number of aromatic nitrogens is 2. The van der Waals surface area contributed by atoms with Crippen LogP contribution in [0.15, 0.2) is 42.6 Å². The lowest BCUT2D eigenvalue weighted by atomic mass is 9.98. The highest BCUT2D eigenvalue weighted by Gasteiger charge is 2.19. The summed E-state index contributed by atoms with van der Waals surface area (Å²) in [4.78, 5) is 32.7. The number of methoxy groups -OCH3 is 1. The summed E-state index contributed by atoms with van der Waals surface area (Å²) in [5.74, 6) is 0.345. The van der Waals surface area contributed by atoms with Crippen molar-refractivity contribution in [3.63, 3.8) is 0 Å². The number of amides is 3. The van der Waals surface area contributed by atoms with Gasteiger partial charge in [-0.15, -0.1) is 0 Å². The lowest BCUT2D eigenvalue weighted by molar-refractivity contribution is -0.0347. The van der Waals surface area contributed by atoms with Gasteiger partial charge in [-0.1, -0.05) is 0 Å². The molecule has 3 amide bonds. The van der Waals surface area contributed by atoms with Gasteiger partial charge in [-0.25, -0.2) is 23.9 Å². The number of aliphatic hydroxyl groups is 1. The minimum absolute atomic E-state index is 0.0176. The molecule has 4 rings (SSSR count). The van der Waals surface area contributed by atoms with E-state index in [1.807, 2.05) is 0 Å². The summed E-state index contributed by atoms with van der Waals surface area (Å²) in [6.45, 7) is 3.40. The molecule has 1 aliphatic heterocycles. The Kier molecular flexibility index (Phi) is 9.23. The van der Waals surface area contributed by atoms with Crippen LogP contribution in [-0.2, 0) is 9.47 Å². The number of urea groups is 1. The first kappa shape index (κ1) is 27.7. The Bertz CT molecular complexity index is 1330. The highest BCUT2D eigenvalue weighted by atomic mass is 19.1. The predicted octanol–water partition coefficient (Wildman–Crippen LogP) is 3.97. The van der Waals surface area contributed by atoms with Crippen LogP contribution in [0.5, 0.6) is 5.88 Å². The topological polar surface area (TPSA) is 144 Å². The molecule has 11 nitrogen and oxygen atoms in total. The highest BCUT2D eigenvalue weighted by Crippen LogP contribution is 2.34. The molecule has 3 heterocycles. The Morgan fingerprint density at radius 1 is 1.15 bits per heavy atom. The van der Waals surface area contributed by atoms with E-state index >= 15 is 0 Å². The molecule has 1 fully saturated rings. The molecule has 0 unspecified atom stereocenters. The van der Waals surface area contributed by atoms with Crippen molar-refractivity contribution in [2.75, 3.05) is 50.7 Å². The number of hydrogen-bond donors (Lipinski definition) is 4. The Labute approximate surface area is 224 Å². The van der Waals surface area contributed by atoms with Crippen molar-refractivity contribution in [1.82, 2.24) is 15.3 Å². The summed E-state index contributed by atoms with van der Waals surface area (Å²) in [5.41, 5.74) is 3.00. The molecule has 1 aliphatic rings. The van der Waals surface area contributed by atoms with Gasteiger partial charge in [0.05, 0.1) is 38.3 Å². The summed E-state index contributed by atoms with van der Waals surface area (Å²) in [6, 6.07) is 9.14. The zero-order valence-corrected chi connectivity index (χ0v) is 21.6. The molecule has 39 heavy (non-hydrogen) atoms. The second-order valence-corrected chi connectivity index (χ2v) is 8.92. The van der Waals surface area contributed by atoms with Gasteiger partial charge in [0, 0.05) is 30.3 Å². The molecular formula is C27H30FN5O6. The average Bonchev–Trinajstić information content (AvgIpc) is 2.90. The van der Waals surface area contributed by atoms with Crippen LogP contribution < -0.4 is 20.7 Å². The van der Waals surface area contributed by atoms with Crippen LogP contribution >= 0.6 is 0 Å². The molecule has 0 spiro atoms. The van der Waals surface area contributed by atoms with Crippen LogP contribution in [0.4, 0.5) is 25.5 Å². The van der Waals surface area contributed by atoms with Gasteiger partial charge in [0.25, 0.3) is 0 Å². The Morgan fingerprint density at radius 2 is 1.97 bits per heavy atom. The van der Waals surface area contributed by atoms with Gasteiger partial charge >= 0.3 is 12.1 Å². The number of benzene rings is 1. The maximum Gasteiger partial charge on any atom is 0.412 e. The predicted molar refractivity (Wildman–Crippen MR) is 142 cm³/mol. The lowest BCUT2D eigenvalue weighted by Crippen LogP contribution is -2.35. The normalized spacial score (nSPS) is 12.8. The molecule has 12 heteroatoms. The van der Waals surface area contributed by atoms with Gasteiger partial charge < -0.3 is 30.0 Å². The maximum absolute atomic E-state index is 14.8. The van der Waals surface area contributed by atoms with Gasteiger partial charge in [-0.2, -0.15) is 0 Å². The van der Waals surface area contributed by atoms with Gasteiger partial charge in [0.15, 0.2) is 0 Å². The zero-order valence-electron chi connectivity index (χ0n) is 21.6. The van der Waals surface area contributed by atoms with Crippen molar-refractivity contribution in [1.29, 1.82) is 0 Å². The van der Waals surface area contributed by atoms with Gasteiger partial charge in [0.2, 0.25) is 5.88 Å². The number of aryl methyl sites for hydroxylation is 1. The summed E-state index contributed by atoms with van der Waals surface area (Å²) < 4.78 is 30.2. The number of rotatable bonds is 10. The van der Waals surface area contributed by atoms with E-state index in [0.29, 0.717) is 53.6 Å². The van der Waals surface area contributed by atoms with Crippen LogP contribution in [0, 0.1) is 18.7 Å². The Morgan fingerprint density at radius 3 is 2.69 bits per heavy atom. The van der Waals surface area contributed by atoms with Crippen LogP contribution in [-0.4, -0.2) is 67.3 Å². The molecule has 1 saturated heterocycles. The molecule has 0 saturated carbocycles. The fourth-order valence-electron chi connectivity index (χ4n) is 3.93. The van der Waals surface area contributed by atoms with Gasteiger partial charge in [-0.05, 0) is 60.4 Å². The van der Waals surface area contributed by atoms with E-state index in [9.17, 15) is 19.1 Å². The number of carbonyl (C=O) groups is 2. The van der Waals surface area contributed by atoms with Gasteiger partial charge in [0.1, 0.15) is 18.2 Å². The first-order valence-electron chi connectivity index (χ1n) is 12.4. The zero-order chi connectivity index (χ0) is 27.8. The molecule has 3 aromatic rings. The van der Waals surface area contributed by atoms with Crippen molar-refractivity contribution >= 4 is 23.6 Å². The lowest BCUT2D eigenvalue weighted by Gasteiger charge is -2.25. The van der Waals surface area contributed by atoms with Crippen molar-refractivity contribution in [2.24, 2.45) is 5.92 Å². The second kappa shape index (κ2) is 13.0. The van der Waals surface area contributed by atoms with E-state index in [1.165, 1.54) is 19.4 Å². The van der Waals surface area contributed by atoms with Crippen LogP contribution in [0.3, 0.4) is 0 Å². The van der Waals surface area contributed by atoms with Crippen LogP contribution in [0.25, 0.3) is 22.4 Å². The van der Waals surface area contributed by atoms with E-state index in [1.54, 1.807) is 37.3 Å².